The topological polar surface area (TPSA) is 20.3 Å². The van der Waals surface area contributed by atoms with Gasteiger partial charge in [0.25, 0.3) is 0 Å². The average Bonchev–Trinajstić information content (AvgIpc) is 2.58. The summed E-state index contributed by atoms with van der Waals surface area (Å²) in [6.07, 6.45) is 3.70. The number of carbonyl (C=O) groups is 1. The zero-order valence-corrected chi connectivity index (χ0v) is 16.2. The number of carbonyl (C=O) groups excluding carboxylic acids is 1. The van der Waals surface area contributed by atoms with Crippen molar-refractivity contribution in [3.8, 4) is 0 Å². The van der Waals surface area contributed by atoms with Gasteiger partial charge in [-0.1, -0.05) is 42.4 Å². The van der Waals surface area contributed by atoms with E-state index in [2.05, 4.69) is 31.2 Å². The fourth-order valence-electron chi connectivity index (χ4n) is 4.49. The lowest BCUT2D eigenvalue weighted by Crippen LogP contribution is -2.56. The van der Waals surface area contributed by atoms with Crippen molar-refractivity contribution in [2.75, 3.05) is 7.05 Å². The highest BCUT2D eigenvalue weighted by molar-refractivity contribution is 7.99. The molecular formula is C21H22ClNOS. The van der Waals surface area contributed by atoms with Crippen LogP contribution in [0.3, 0.4) is 0 Å². The van der Waals surface area contributed by atoms with E-state index in [1.807, 2.05) is 30.1 Å². The number of piperidine rings is 1. The van der Waals surface area contributed by atoms with Gasteiger partial charge >= 0.3 is 0 Å². The lowest BCUT2D eigenvalue weighted by atomic mass is 9.63. The molecule has 0 aromatic heterocycles. The van der Waals surface area contributed by atoms with Crippen LogP contribution in [0.15, 0.2) is 52.3 Å². The number of halogens is 1. The largest absolute Gasteiger partial charge is 0.342 e. The molecule has 2 aromatic carbocycles. The average molecular weight is 372 g/mol. The summed E-state index contributed by atoms with van der Waals surface area (Å²) in [5.74, 6) is 0.291. The molecular weight excluding hydrogens is 350 g/mol. The monoisotopic (exact) mass is 371 g/mol. The van der Waals surface area contributed by atoms with Crippen LogP contribution in [0, 0.1) is 0 Å². The summed E-state index contributed by atoms with van der Waals surface area (Å²) in [6, 6.07) is 15.2. The maximum Gasteiger partial charge on any atom is 0.222 e. The molecule has 1 saturated heterocycles. The van der Waals surface area contributed by atoms with E-state index in [1.54, 1.807) is 11.8 Å². The Kier molecular flexibility index (Phi) is 4.33. The highest BCUT2D eigenvalue weighted by atomic mass is 35.5. The molecule has 130 valence electrons. The van der Waals surface area contributed by atoms with E-state index >= 15 is 0 Å². The normalized spacial score (nSPS) is 25.5. The van der Waals surface area contributed by atoms with Crippen LogP contribution in [-0.4, -0.2) is 23.9 Å². The lowest BCUT2D eigenvalue weighted by molar-refractivity contribution is -0.138. The van der Waals surface area contributed by atoms with Crippen LogP contribution in [0.2, 0.25) is 5.02 Å². The van der Waals surface area contributed by atoms with E-state index in [0.717, 1.165) is 29.2 Å². The van der Waals surface area contributed by atoms with Crippen molar-refractivity contribution in [1.29, 1.82) is 0 Å². The van der Waals surface area contributed by atoms with Crippen LogP contribution in [0.1, 0.15) is 37.3 Å². The van der Waals surface area contributed by atoms with Gasteiger partial charge in [-0.25, -0.2) is 0 Å². The van der Waals surface area contributed by atoms with Gasteiger partial charge in [-0.15, -0.1) is 0 Å². The molecule has 2 aromatic rings. The Labute approximate surface area is 158 Å². The predicted octanol–water partition coefficient (Wildman–Crippen LogP) is 5.32. The SMILES string of the molecule is CN1C(=O)CC[C@]2(C)c3ccc(Sc4cccc(Cl)c4)cc3CCC12. The van der Waals surface area contributed by atoms with Crippen LogP contribution in [0.4, 0.5) is 0 Å². The first kappa shape index (κ1) is 17.0. The number of hydrogen-bond acceptors (Lipinski definition) is 2. The molecule has 0 N–H and O–H groups in total. The Morgan fingerprint density at radius 1 is 1.16 bits per heavy atom. The van der Waals surface area contributed by atoms with E-state index in [9.17, 15) is 4.79 Å². The second kappa shape index (κ2) is 6.37. The highest BCUT2D eigenvalue weighted by Crippen LogP contribution is 2.46. The first-order chi connectivity index (χ1) is 12.0. The van der Waals surface area contributed by atoms with Crippen LogP contribution in [-0.2, 0) is 16.6 Å². The van der Waals surface area contributed by atoms with E-state index in [4.69, 9.17) is 11.6 Å². The fraction of sp³-hybridized carbons (Fsp3) is 0.381. The zero-order chi connectivity index (χ0) is 17.6. The van der Waals surface area contributed by atoms with Crippen molar-refractivity contribution in [3.05, 3.63) is 58.6 Å². The van der Waals surface area contributed by atoms with Crippen molar-refractivity contribution in [3.63, 3.8) is 0 Å². The Hall–Kier alpha value is -1.45. The number of likely N-dealkylation sites (tertiary alicyclic amines) is 1. The van der Waals surface area contributed by atoms with Crippen molar-refractivity contribution in [2.45, 2.75) is 53.9 Å². The van der Waals surface area contributed by atoms with Crippen LogP contribution < -0.4 is 0 Å². The van der Waals surface area contributed by atoms with Crippen LogP contribution in [0.25, 0.3) is 0 Å². The van der Waals surface area contributed by atoms with Crippen molar-refractivity contribution >= 4 is 29.3 Å². The van der Waals surface area contributed by atoms with Gasteiger partial charge in [0.2, 0.25) is 5.91 Å². The van der Waals surface area contributed by atoms with E-state index < -0.39 is 0 Å². The second-order valence-corrected chi connectivity index (χ2v) is 8.94. The molecule has 4 heteroatoms. The van der Waals surface area contributed by atoms with Gasteiger partial charge in [-0.05, 0) is 60.7 Å². The fourth-order valence-corrected chi connectivity index (χ4v) is 5.69. The summed E-state index contributed by atoms with van der Waals surface area (Å²) >= 11 is 7.86. The molecule has 0 spiro atoms. The first-order valence-corrected chi connectivity index (χ1v) is 9.99. The smallest absolute Gasteiger partial charge is 0.222 e. The minimum absolute atomic E-state index is 0.0789. The minimum atomic E-state index is 0.0789. The second-order valence-electron chi connectivity index (χ2n) is 7.35. The molecule has 25 heavy (non-hydrogen) atoms. The van der Waals surface area contributed by atoms with E-state index in [0.29, 0.717) is 18.4 Å². The summed E-state index contributed by atoms with van der Waals surface area (Å²) in [7, 11) is 1.97. The summed E-state index contributed by atoms with van der Waals surface area (Å²) in [4.78, 5) is 16.5. The van der Waals surface area contributed by atoms with Gasteiger partial charge in [0.05, 0.1) is 0 Å². The maximum absolute atomic E-state index is 12.1. The number of fused-ring (bicyclic) bond motifs is 3. The zero-order valence-electron chi connectivity index (χ0n) is 14.6. The standard InChI is InChI=1S/C21H22ClNOS/c1-21-11-10-20(24)23(2)19(21)9-6-14-12-17(7-8-18(14)21)25-16-5-3-4-15(22)13-16/h3-5,7-8,12-13,19H,6,9-11H2,1-2H3/t19?,21-/m1/s1. The molecule has 2 atom stereocenters. The van der Waals surface area contributed by atoms with Crippen LogP contribution >= 0.6 is 23.4 Å². The number of likely N-dealkylation sites (N-methyl/N-ethyl adjacent to an activating group) is 1. The third-order valence-corrected chi connectivity index (χ3v) is 7.08. The minimum Gasteiger partial charge on any atom is -0.342 e. The number of nitrogens with zero attached hydrogens (tertiary/aromatic N) is 1. The number of amides is 1. The first-order valence-electron chi connectivity index (χ1n) is 8.80. The third-order valence-electron chi connectivity index (χ3n) is 5.87. The number of rotatable bonds is 2. The van der Waals surface area contributed by atoms with Gasteiger partial charge in [0.1, 0.15) is 0 Å². The molecule has 1 aliphatic heterocycles. The van der Waals surface area contributed by atoms with Crippen LogP contribution in [0.5, 0.6) is 0 Å². The van der Waals surface area contributed by atoms with E-state index in [1.165, 1.54) is 16.0 Å². The number of hydrogen-bond donors (Lipinski definition) is 0. The molecule has 4 rings (SSSR count). The Morgan fingerprint density at radius 2 is 1.96 bits per heavy atom. The Bertz CT molecular complexity index is 836. The Morgan fingerprint density at radius 3 is 2.76 bits per heavy atom. The third kappa shape index (κ3) is 2.98. The quantitative estimate of drug-likeness (QED) is 0.712. The summed E-state index contributed by atoms with van der Waals surface area (Å²) in [5, 5.41) is 0.772. The molecule has 1 fully saturated rings. The molecule has 1 amide bonds. The Balaban J connectivity index is 1.65. The molecule has 2 nitrogen and oxygen atoms in total. The van der Waals surface area contributed by atoms with E-state index in [-0.39, 0.29) is 5.41 Å². The summed E-state index contributed by atoms with van der Waals surface area (Å²) in [5.41, 5.74) is 2.95. The predicted molar refractivity (Wildman–Crippen MR) is 103 cm³/mol. The summed E-state index contributed by atoms with van der Waals surface area (Å²) in [6.45, 7) is 2.34. The van der Waals surface area contributed by atoms with Gasteiger partial charge in [0.15, 0.2) is 0 Å². The molecule has 2 aliphatic rings. The molecule has 1 aliphatic carbocycles. The maximum atomic E-state index is 12.1. The molecule has 1 heterocycles. The summed E-state index contributed by atoms with van der Waals surface area (Å²) < 4.78 is 0. The van der Waals surface area contributed by atoms with Gasteiger partial charge in [-0.2, -0.15) is 0 Å². The molecule has 0 bridgehead atoms. The van der Waals surface area contributed by atoms with Crippen molar-refractivity contribution < 1.29 is 4.79 Å². The van der Waals surface area contributed by atoms with Gasteiger partial charge < -0.3 is 4.90 Å². The molecule has 0 saturated carbocycles. The van der Waals surface area contributed by atoms with Gasteiger partial charge in [0, 0.05) is 39.7 Å². The highest BCUT2D eigenvalue weighted by Gasteiger charge is 2.46. The lowest BCUT2D eigenvalue weighted by Gasteiger charge is -2.50. The van der Waals surface area contributed by atoms with Crippen molar-refractivity contribution in [1.82, 2.24) is 4.90 Å². The van der Waals surface area contributed by atoms with Crippen molar-refractivity contribution in [2.24, 2.45) is 0 Å². The molecule has 0 radical (unpaired) electrons. The molecule has 1 unspecified atom stereocenters. The number of benzene rings is 2. The number of aryl methyl sites for hydroxylation is 1. The van der Waals surface area contributed by atoms with Gasteiger partial charge in [-0.3, -0.25) is 4.79 Å².